The Bertz CT molecular complexity index is 296. The summed E-state index contributed by atoms with van der Waals surface area (Å²) in [6, 6.07) is 8.36. The molecule has 0 heterocycles. The lowest BCUT2D eigenvalue weighted by atomic mass is 10.1. The van der Waals surface area contributed by atoms with Gasteiger partial charge in [-0.1, -0.05) is 49.1 Å². The smallest absolute Gasteiger partial charge is 0.00172 e. The van der Waals surface area contributed by atoms with E-state index in [1.165, 1.54) is 5.56 Å². The topological polar surface area (TPSA) is 12.0 Å². The molecule has 1 N–H and O–H groups in total. The molecule has 0 unspecified atom stereocenters. The molecule has 0 saturated heterocycles. The minimum absolute atomic E-state index is 1.03. The van der Waals surface area contributed by atoms with Crippen molar-refractivity contribution in [3.8, 4) is 0 Å². The van der Waals surface area contributed by atoms with Gasteiger partial charge in [-0.15, -0.1) is 0 Å². The van der Waals surface area contributed by atoms with Gasteiger partial charge in [0.1, 0.15) is 0 Å². The van der Waals surface area contributed by atoms with Crippen LogP contribution in [0, 0.1) is 0 Å². The van der Waals surface area contributed by atoms with E-state index in [9.17, 15) is 0 Å². The van der Waals surface area contributed by atoms with E-state index in [4.69, 9.17) is 0 Å². The van der Waals surface area contributed by atoms with Crippen molar-refractivity contribution in [2.24, 2.45) is 0 Å². The molecular weight excluding hydrogens is 170 g/mol. The van der Waals surface area contributed by atoms with Crippen molar-refractivity contribution in [1.29, 1.82) is 0 Å². The lowest BCUT2D eigenvalue weighted by molar-refractivity contribution is 0.809. The zero-order valence-electron chi connectivity index (χ0n) is 8.66. The Labute approximate surface area is 86.2 Å². The number of hydrogen-bond acceptors (Lipinski definition) is 1. The maximum atomic E-state index is 3.72. The van der Waals surface area contributed by atoms with Crippen LogP contribution in [0.2, 0.25) is 0 Å². The van der Waals surface area contributed by atoms with Crippen molar-refractivity contribution in [2.45, 2.75) is 6.42 Å². The predicted octanol–water partition coefficient (Wildman–Crippen LogP) is 2.95. The zero-order chi connectivity index (χ0) is 10.2. The molecule has 0 radical (unpaired) electrons. The maximum absolute atomic E-state index is 3.72. The Morgan fingerprint density at radius 3 is 2.43 bits per heavy atom. The van der Waals surface area contributed by atoms with Gasteiger partial charge in [0.25, 0.3) is 0 Å². The molecule has 1 nitrogen and oxygen atoms in total. The van der Waals surface area contributed by atoms with Gasteiger partial charge in [-0.3, -0.25) is 0 Å². The molecule has 0 aliphatic carbocycles. The van der Waals surface area contributed by atoms with Crippen LogP contribution in [-0.4, -0.2) is 13.6 Å². The Kier molecular flexibility index (Phi) is 4.73. The summed E-state index contributed by atoms with van der Waals surface area (Å²) in [5.74, 6) is 0. The second-order valence-electron chi connectivity index (χ2n) is 3.17. The van der Waals surface area contributed by atoms with Crippen molar-refractivity contribution in [3.63, 3.8) is 0 Å². The highest BCUT2D eigenvalue weighted by atomic mass is 14.8. The molecule has 0 aromatic heterocycles. The fourth-order valence-electron chi connectivity index (χ4n) is 1.19. The summed E-state index contributed by atoms with van der Waals surface area (Å²) in [5, 5.41) is 3.11. The van der Waals surface area contributed by atoms with Gasteiger partial charge in [-0.2, -0.15) is 0 Å². The van der Waals surface area contributed by atoms with Crippen LogP contribution in [0.4, 0.5) is 0 Å². The highest BCUT2D eigenvalue weighted by Gasteiger charge is 1.86. The Morgan fingerprint density at radius 1 is 1.21 bits per heavy atom. The zero-order valence-corrected chi connectivity index (χ0v) is 8.66. The van der Waals surface area contributed by atoms with Crippen molar-refractivity contribution in [1.82, 2.24) is 5.32 Å². The summed E-state index contributed by atoms with van der Waals surface area (Å²) in [4.78, 5) is 0. The number of hydrogen-bond donors (Lipinski definition) is 1. The first-order chi connectivity index (χ1) is 6.86. The van der Waals surface area contributed by atoms with Gasteiger partial charge in [0.05, 0.1) is 0 Å². The molecule has 0 saturated carbocycles. The highest BCUT2D eigenvalue weighted by Crippen LogP contribution is 2.07. The maximum Gasteiger partial charge on any atom is -0.00172 e. The third kappa shape index (κ3) is 3.58. The lowest BCUT2D eigenvalue weighted by Gasteiger charge is -1.95. The second-order valence-corrected chi connectivity index (χ2v) is 3.17. The quantitative estimate of drug-likeness (QED) is 0.699. The molecule has 14 heavy (non-hydrogen) atoms. The normalized spacial score (nSPS) is 10.6. The fourth-order valence-corrected chi connectivity index (χ4v) is 1.19. The fraction of sp³-hybridized carbons (Fsp3) is 0.231. The van der Waals surface area contributed by atoms with Crippen molar-refractivity contribution in [2.75, 3.05) is 13.6 Å². The average Bonchev–Trinajstić information content (AvgIpc) is 2.25. The van der Waals surface area contributed by atoms with Crippen LogP contribution in [-0.2, 0) is 0 Å². The Hall–Kier alpha value is -1.34. The first kappa shape index (κ1) is 10.7. The Morgan fingerprint density at radius 2 is 1.86 bits per heavy atom. The van der Waals surface area contributed by atoms with Crippen LogP contribution in [0.25, 0.3) is 12.2 Å². The van der Waals surface area contributed by atoms with E-state index in [1.54, 1.807) is 0 Å². The standard InChI is InChI=1S/C13H17N/c1-3-12-7-9-13(10-8-12)6-4-5-11-14-2/h3-4,6-10,14H,1,5,11H2,2H3. The van der Waals surface area contributed by atoms with E-state index in [0.29, 0.717) is 0 Å². The molecule has 1 aromatic carbocycles. The molecule has 0 amide bonds. The van der Waals surface area contributed by atoms with Gasteiger partial charge in [0, 0.05) is 0 Å². The van der Waals surface area contributed by atoms with E-state index >= 15 is 0 Å². The SMILES string of the molecule is C=Cc1ccc(C=CCCNC)cc1. The number of benzene rings is 1. The first-order valence-corrected chi connectivity index (χ1v) is 4.90. The van der Waals surface area contributed by atoms with Crippen molar-refractivity contribution in [3.05, 3.63) is 48.0 Å². The summed E-state index contributed by atoms with van der Waals surface area (Å²) < 4.78 is 0. The summed E-state index contributed by atoms with van der Waals surface area (Å²) in [6.07, 6.45) is 7.25. The Balaban J connectivity index is 2.50. The molecule has 0 aliphatic heterocycles. The first-order valence-electron chi connectivity index (χ1n) is 4.90. The lowest BCUT2D eigenvalue weighted by Crippen LogP contribution is -2.05. The monoisotopic (exact) mass is 187 g/mol. The van der Waals surface area contributed by atoms with Gasteiger partial charge >= 0.3 is 0 Å². The van der Waals surface area contributed by atoms with Crippen LogP contribution in [0.5, 0.6) is 0 Å². The molecule has 0 spiro atoms. The third-order valence-electron chi connectivity index (χ3n) is 2.04. The van der Waals surface area contributed by atoms with E-state index < -0.39 is 0 Å². The molecule has 0 atom stereocenters. The van der Waals surface area contributed by atoms with E-state index in [2.05, 4.69) is 48.3 Å². The molecular formula is C13H17N. The van der Waals surface area contributed by atoms with Crippen molar-refractivity contribution < 1.29 is 0 Å². The third-order valence-corrected chi connectivity index (χ3v) is 2.04. The molecule has 0 bridgehead atoms. The van der Waals surface area contributed by atoms with E-state index in [0.717, 1.165) is 18.5 Å². The van der Waals surface area contributed by atoms with E-state index in [1.807, 2.05) is 13.1 Å². The summed E-state index contributed by atoms with van der Waals surface area (Å²) >= 11 is 0. The molecule has 0 fully saturated rings. The van der Waals surface area contributed by atoms with Crippen LogP contribution in [0.3, 0.4) is 0 Å². The molecule has 1 aromatic rings. The summed E-state index contributed by atoms with van der Waals surface area (Å²) in [7, 11) is 1.96. The highest BCUT2D eigenvalue weighted by molar-refractivity contribution is 5.54. The minimum Gasteiger partial charge on any atom is -0.319 e. The van der Waals surface area contributed by atoms with Crippen molar-refractivity contribution >= 4 is 12.2 Å². The summed E-state index contributed by atoms with van der Waals surface area (Å²) in [6.45, 7) is 4.75. The van der Waals surface area contributed by atoms with Gasteiger partial charge in [-0.25, -0.2) is 0 Å². The van der Waals surface area contributed by atoms with Gasteiger partial charge in [0.2, 0.25) is 0 Å². The van der Waals surface area contributed by atoms with Crippen LogP contribution in [0.15, 0.2) is 36.9 Å². The molecule has 1 heteroatoms. The average molecular weight is 187 g/mol. The van der Waals surface area contributed by atoms with Crippen LogP contribution >= 0.6 is 0 Å². The van der Waals surface area contributed by atoms with E-state index in [-0.39, 0.29) is 0 Å². The van der Waals surface area contributed by atoms with Crippen LogP contribution < -0.4 is 5.32 Å². The molecule has 74 valence electrons. The minimum atomic E-state index is 1.03. The number of rotatable bonds is 5. The molecule has 1 rings (SSSR count). The number of nitrogens with one attached hydrogen (secondary N) is 1. The summed E-state index contributed by atoms with van der Waals surface area (Å²) in [5.41, 5.74) is 2.41. The van der Waals surface area contributed by atoms with Gasteiger partial charge in [-0.05, 0) is 31.1 Å². The molecule has 0 aliphatic rings. The van der Waals surface area contributed by atoms with Crippen LogP contribution in [0.1, 0.15) is 17.5 Å². The van der Waals surface area contributed by atoms with Gasteiger partial charge in [0.15, 0.2) is 0 Å². The second kappa shape index (κ2) is 6.17. The van der Waals surface area contributed by atoms with Gasteiger partial charge < -0.3 is 5.32 Å². The predicted molar refractivity (Wildman–Crippen MR) is 64.1 cm³/mol. The largest absolute Gasteiger partial charge is 0.319 e.